The molecule has 0 bridgehead atoms. The number of thiophene rings is 1. The van der Waals surface area contributed by atoms with E-state index in [4.69, 9.17) is 0 Å². The molecule has 0 amide bonds. The molecule has 5 heterocycles. The summed E-state index contributed by atoms with van der Waals surface area (Å²) < 4.78 is 42.2. The highest BCUT2D eigenvalue weighted by Gasteiger charge is 2.39. The molecule has 172 valence electrons. The lowest BCUT2D eigenvalue weighted by molar-refractivity contribution is -0.384. The first-order valence-corrected chi connectivity index (χ1v) is 10.9. The number of halogens is 3. The van der Waals surface area contributed by atoms with E-state index in [9.17, 15) is 23.3 Å². The Morgan fingerprint density at radius 2 is 2.06 bits per heavy atom. The van der Waals surface area contributed by atoms with Crippen molar-refractivity contribution in [2.24, 2.45) is 0 Å². The monoisotopic (exact) mass is 478 g/mol. The van der Waals surface area contributed by atoms with Gasteiger partial charge in [0.15, 0.2) is 5.82 Å². The van der Waals surface area contributed by atoms with E-state index in [1.54, 1.807) is 0 Å². The summed E-state index contributed by atoms with van der Waals surface area (Å²) in [5.74, 6) is -0.0140. The molecule has 0 aromatic carbocycles. The summed E-state index contributed by atoms with van der Waals surface area (Å²) in [5, 5.41) is 19.0. The zero-order valence-corrected chi connectivity index (χ0v) is 18.1. The van der Waals surface area contributed by atoms with Crippen LogP contribution in [0, 0.1) is 10.1 Å². The summed E-state index contributed by atoms with van der Waals surface area (Å²) in [6, 6.07) is 3.35. The molecule has 33 heavy (non-hydrogen) atoms. The third-order valence-corrected chi connectivity index (χ3v) is 6.42. The van der Waals surface area contributed by atoms with Crippen LogP contribution in [-0.2, 0) is 25.7 Å². The molecular formula is C19H17F3N8O2S. The van der Waals surface area contributed by atoms with Crippen molar-refractivity contribution in [3.63, 3.8) is 0 Å². The maximum atomic E-state index is 13.2. The third kappa shape index (κ3) is 3.79. The molecule has 0 atom stereocenters. The maximum absolute atomic E-state index is 13.2. The van der Waals surface area contributed by atoms with E-state index in [-0.39, 0.29) is 37.1 Å². The lowest BCUT2D eigenvalue weighted by Crippen LogP contribution is -2.36. The van der Waals surface area contributed by atoms with Gasteiger partial charge in [0.25, 0.3) is 5.69 Å². The van der Waals surface area contributed by atoms with Crippen LogP contribution in [0.3, 0.4) is 0 Å². The molecule has 0 unspecified atom stereocenters. The number of fused-ring (bicyclic) bond motifs is 2. The van der Waals surface area contributed by atoms with Crippen LogP contribution in [0.4, 0.5) is 24.7 Å². The number of alkyl halides is 3. The minimum atomic E-state index is -4.58. The molecule has 0 N–H and O–H groups in total. The van der Waals surface area contributed by atoms with Crippen LogP contribution in [-0.4, -0.2) is 40.8 Å². The molecule has 0 spiro atoms. The number of nitro groups is 1. The molecule has 0 radical (unpaired) electrons. The second-order valence-electron chi connectivity index (χ2n) is 7.57. The van der Waals surface area contributed by atoms with Crippen LogP contribution in [0.5, 0.6) is 0 Å². The van der Waals surface area contributed by atoms with Crippen LogP contribution in [0.15, 0.2) is 24.5 Å². The normalized spacial score (nSPS) is 14.1. The molecule has 0 aliphatic carbocycles. The number of nitrogens with zero attached hydrogens (tertiary/aromatic N) is 8. The summed E-state index contributed by atoms with van der Waals surface area (Å²) in [5.41, 5.74) is -0.0937. The topological polar surface area (TPSA) is 108 Å². The van der Waals surface area contributed by atoms with Crippen molar-refractivity contribution in [2.75, 3.05) is 11.4 Å². The molecule has 5 rings (SSSR count). The maximum Gasteiger partial charge on any atom is 0.451 e. The van der Waals surface area contributed by atoms with Crippen LogP contribution in [0.2, 0.25) is 0 Å². The van der Waals surface area contributed by atoms with Gasteiger partial charge in [0.1, 0.15) is 10.6 Å². The van der Waals surface area contributed by atoms with E-state index < -0.39 is 16.9 Å². The van der Waals surface area contributed by atoms with E-state index >= 15 is 0 Å². The molecule has 1 aliphatic heterocycles. The van der Waals surface area contributed by atoms with Crippen molar-refractivity contribution < 1.29 is 18.1 Å². The van der Waals surface area contributed by atoms with Gasteiger partial charge in [-0.1, -0.05) is 13.3 Å². The van der Waals surface area contributed by atoms with Gasteiger partial charge in [0.05, 0.1) is 23.1 Å². The molecular weight excluding hydrogens is 461 g/mol. The number of hydrogen-bond acceptors (Lipinski definition) is 8. The zero-order chi connectivity index (χ0) is 23.3. The smallest absolute Gasteiger partial charge is 0.347 e. The fourth-order valence-electron chi connectivity index (χ4n) is 3.84. The minimum absolute atomic E-state index is 0.0545. The summed E-state index contributed by atoms with van der Waals surface area (Å²) >= 11 is 1.51. The lowest BCUT2D eigenvalue weighted by Gasteiger charge is -2.29. The number of anilines is 1. The van der Waals surface area contributed by atoms with Crippen LogP contribution < -0.4 is 4.90 Å². The summed E-state index contributed by atoms with van der Waals surface area (Å²) in [6.07, 6.45) is 0.0572. The zero-order valence-electron chi connectivity index (χ0n) is 17.3. The van der Waals surface area contributed by atoms with Crippen molar-refractivity contribution in [3.05, 3.63) is 51.2 Å². The van der Waals surface area contributed by atoms with Gasteiger partial charge >= 0.3 is 6.18 Å². The summed E-state index contributed by atoms with van der Waals surface area (Å²) in [4.78, 5) is 23.5. The largest absolute Gasteiger partial charge is 0.451 e. The van der Waals surface area contributed by atoms with E-state index in [0.29, 0.717) is 10.6 Å². The van der Waals surface area contributed by atoms with Gasteiger partial charge < -0.3 is 9.47 Å². The molecule has 14 heteroatoms. The molecule has 4 aromatic rings. The highest BCUT2D eigenvalue weighted by atomic mass is 32.1. The second-order valence-corrected chi connectivity index (χ2v) is 8.69. The Balaban J connectivity index is 1.59. The van der Waals surface area contributed by atoms with Crippen molar-refractivity contribution in [1.29, 1.82) is 0 Å². The first-order valence-electron chi connectivity index (χ1n) is 10.1. The van der Waals surface area contributed by atoms with Crippen molar-refractivity contribution in [3.8, 4) is 5.95 Å². The highest BCUT2D eigenvalue weighted by molar-refractivity contribution is 7.18. The molecule has 4 aromatic heterocycles. The van der Waals surface area contributed by atoms with Gasteiger partial charge in [0, 0.05) is 30.2 Å². The van der Waals surface area contributed by atoms with Crippen molar-refractivity contribution in [1.82, 2.24) is 29.3 Å². The Kier molecular flexibility index (Phi) is 5.03. The molecule has 0 saturated heterocycles. The number of hydrogen-bond donors (Lipinski definition) is 0. The van der Waals surface area contributed by atoms with Gasteiger partial charge in [0.2, 0.25) is 11.8 Å². The summed E-state index contributed by atoms with van der Waals surface area (Å²) in [6.45, 7) is 2.49. The second kappa shape index (κ2) is 7.79. The Hall–Kier alpha value is -3.55. The quantitative estimate of drug-likeness (QED) is 0.315. The molecule has 0 fully saturated rings. The minimum Gasteiger partial charge on any atom is -0.347 e. The Morgan fingerprint density at radius 1 is 1.24 bits per heavy atom. The van der Waals surface area contributed by atoms with E-state index in [1.807, 2.05) is 11.0 Å². The average molecular weight is 478 g/mol. The van der Waals surface area contributed by atoms with E-state index in [2.05, 4.69) is 27.1 Å². The van der Waals surface area contributed by atoms with Gasteiger partial charge in [-0.3, -0.25) is 14.7 Å². The number of aryl methyl sites for hydroxylation is 1. The van der Waals surface area contributed by atoms with Gasteiger partial charge in [-0.2, -0.15) is 18.2 Å². The predicted octanol–water partition coefficient (Wildman–Crippen LogP) is 3.97. The van der Waals surface area contributed by atoms with E-state index in [1.165, 1.54) is 34.4 Å². The van der Waals surface area contributed by atoms with Crippen LogP contribution in [0.25, 0.3) is 16.2 Å². The fraction of sp³-hybridized carbons (Fsp3) is 0.368. The Bertz CT molecular complexity index is 1360. The Labute approximate surface area is 188 Å². The average Bonchev–Trinajstić information content (AvgIpc) is 3.49. The summed E-state index contributed by atoms with van der Waals surface area (Å²) in [7, 11) is 0. The highest BCUT2D eigenvalue weighted by Crippen LogP contribution is 2.35. The first-order chi connectivity index (χ1) is 15.7. The van der Waals surface area contributed by atoms with E-state index in [0.717, 1.165) is 27.7 Å². The fourth-order valence-corrected chi connectivity index (χ4v) is 4.96. The standard InChI is InChI=1S/C19H17F3N8O2S/c1-2-3-12-8-13-15(27-6-7-29-14(10-27)25-26-17(29)19(20,21)22)23-18(24-16(13)33-12)28-5-4-11(9-28)30(31)32/h4-5,8-9H,2-3,6-7,10H2,1H3. The first kappa shape index (κ1) is 21.3. The molecule has 1 aliphatic rings. The van der Waals surface area contributed by atoms with Crippen LogP contribution >= 0.6 is 11.3 Å². The van der Waals surface area contributed by atoms with Crippen LogP contribution in [0.1, 0.15) is 29.9 Å². The lowest BCUT2D eigenvalue weighted by atomic mass is 10.2. The van der Waals surface area contributed by atoms with Gasteiger partial charge in [-0.25, -0.2) is 4.98 Å². The number of rotatable bonds is 5. The Morgan fingerprint density at radius 3 is 2.76 bits per heavy atom. The van der Waals surface area contributed by atoms with Crippen molar-refractivity contribution in [2.45, 2.75) is 39.0 Å². The molecule has 0 saturated carbocycles. The number of aromatic nitrogens is 6. The van der Waals surface area contributed by atoms with Gasteiger partial charge in [-0.15, -0.1) is 21.5 Å². The third-order valence-electron chi connectivity index (χ3n) is 5.33. The SMILES string of the molecule is CCCc1cc2c(N3CCn4c(nnc4C(F)(F)F)C3)nc(-n3ccc([N+](=O)[O-])c3)nc2s1. The molecule has 10 nitrogen and oxygen atoms in total. The predicted molar refractivity (Wildman–Crippen MR) is 113 cm³/mol. The van der Waals surface area contributed by atoms with Crippen molar-refractivity contribution >= 4 is 33.1 Å². The van der Waals surface area contributed by atoms with Gasteiger partial charge in [-0.05, 0) is 12.5 Å².